The average Bonchev–Trinajstić information content (AvgIpc) is 3.72. The Hall–Kier alpha value is -3.42. The molecule has 2 saturated carbocycles. The van der Waals surface area contributed by atoms with Crippen LogP contribution in [-0.2, 0) is 33.5 Å². The first-order valence-electron chi connectivity index (χ1n) is 16.4. The number of carbonyl (C=O) groups is 2. The molecule has 0 bridgehead atoms. The quantitative estimate of drug-likeness (QED) is 0.313. The van der Waals surface area contributed by atoms with E-state index in [-0.39, 0.29) is 22.6 Å². The van der Waals surface area contributed by atoms with Gasteiger partial charge in [-0.1, -0.05) is 25.7 Å². The van der Waals surface area contributed by atoms with Crippen molar-refractivity contribution in [1.29, 1.82) is 0 Å². The molecule has 6 rings (SSSR count). The molecule has 0 N–H and O–H groups in total. The molecule has 2 fully saturated rings. The van der Waals surface area contributed by atoms with Gasteiger partial charge < -0.3 is 28.7 Å². The van der Waals surface area contributed by atoms with Crippen molar-refractivity contribution in [3.8, 4) is 23.0 Å². The SMILES string of the molecule is COc1cc2c(cc1OC)C1(CCCC1)CN(C(=O)CCCCC(=O)N1Cc3cc(OC)c(OC)cc3C3(CCCC3)C1)C2. The molecule has 2 amide bonds. The number of nitrogens with zero attached hydrogens (tertiary/aromatic N) is 2. The first-order valence-corrected chi connectivity index (χ1v) is 16.4. The van der Waals surface area contributed by atoms with Crippen LogP contribution in [0.5, 0.6) is 23.0 Å². The van der Waals surface area contributed by atoms with Crippen molar-refractivity contribution in [3.63, 3.8) is 0 Å². The van der Waals surface area contributed by atoms with E-state index in [0.29, 0.717) is 50.3 Å². The molecule has 238 valence electrons. The van der Waals surface area contributed by atoms with E-state index in [2.05, 4.69) is 34.1 Å². The maximum Gasteiger partial charge on any atom is 0.222 e. The molecule has 0 aromatic heterocycles. The molecule has 2 heterocycles. The van der Waals surface area contributed by atoms with Gasteiger partial charge in [-0.3, -0.25) is 9.59 Å². The van der Waals surface area contributed by atoms with Crippen molar-refractivity contribution in [2.75, 3.05) is 41.5 Å². The van der Waals surface area contributed by atoms with Gasteiger partial charge in [0, 0.05) is 49.9 Å². The fourth-order valence-corrected chi connectivity index (χ4v) is 8.70. The van der Waals surface area contributed by atoms with Gasteiger partial charge in [0.2, 0.25) is 11.8 Å². The predicted molar refractivity (Wildman–Crippen MR) is 169 cm³/mol. The maximum atomic E-state index is 13.5. The number of amides is 2. The molecule has 8 nitrogen and oxygen atoms in total. The number of carbonyl (C=O) groups excluding carboxylic acids is 2. The first-order chi connectivity index (χ1) is 21.3. The standard InChI is InChI=1S/C36H48N2O6/c1-41-29-17-25-21-37(23-35(13-7-8-14-35)27(25)19-31(29)43-3)33(39)11-5-6-12-34(40)38-22-26-18-30(42-2)32(44-4)20-28(26)36(24-38)15-9-10-16-36/h17-20H,5-16,21-24H2,1-4H3. The van der Waals surface area contributed by atoms with Gasteiger partial charge in [0.15, 0.2) is 23.0 Å². The van der Waals surface area contributed by atoms with Gasteiger partial charge in [-0.2, -0.15) is 0 Å². The highest BCUT2D eigenvalue weighted by atomic mass is 16.5. The summed E-state index contributed by atoms with van der Waals surface area (Å²) in [5, 5.41) is 0. The summed E-state index contributed by atoms with van der Waals surface area (Å²) < 4.78 is 22.4. The molecular formula is C36H48N2O6. The summed E-state index contributed by atoms with van der Waals surface area (Å²) in [7, 11) is 6.68. The van der Waals surface area contributed by atoms with Gasteiger partial charge in [0.1, 0.15) is 0 Å². The fraction of sp³-hybridized carbons (Fsp3) is 0.611. The smallest absolute Gasteiger partial charge is 0.222 e. The topological polar surface area (TPSA) is 77.5 Å². The van der Waals surface area contributed by atoms with Crippen LogP contribution in [0.15, 0.2) is 24.3 Å². The Bertz CT molecular complexity index is 1290. The van der Waals surface area contributed by atoms with E-state index in [0.717, 1.165) is 50.3 Å². The lowest BCUT2D eigenvalue weighted by molar-refractivity contribution is -0.135. The van der Waals surface area contributed by atoms with Crippen molar-refractivity contribution >= 4 is 11.8 Å². The molecule has 2 aromatic carbocycles. The third-order valence-corrected chi connectivity index (χ3v) is 10.9. The summed E-state index contributed by atoms with van der Waals surface area (Å²) in [5.74, 6) is 3.31. The van der Waals surface area contributed by atoms with Crippen molar-refractivity contribution in [1.82, 2.24) is 9.80 Å². The highest BCUT2D eigenvalue weighted by Gasteiger charge is 2.45. The minimum atomic E-state index is -0.00773. The van der Waals surface area contributed by atoms with Gasteiger partial charge >= 0.3 is 0 Å². The number of ether oxygens (including phenoxy) is 4. The van der Waals surface area contributed by atoms with Crippen LogP contribution in [-0.4, -0.2) is 63.1 Å². The van der Waals surface area contributed by atoms with Crippen molar-refractivity contribution in [2.24, 2.45) is 0 Å². The zero-order valence-electron chi connectivity index (χ0n) is 27.0. The predicted octanol–water partition coefficient (Wildman–Crippen LogP) is 6.29. The number of unbranched alkanes of at least 4 members (excludes halogenated alkanes) is 1. The third kappa shape index (κ3) is 5.49. The molecule has 0 radical (unpaired) electrons. The van der Waals surface area contributed by atoms with Crippen LogP contribution in [0.4, 0.5) is 0 Å². The second-order valence-corrected chi connectivity index (χ2v) is 13.4. The van der Waals surface area contributed by atoms with Gasteiger partial charge in [-0.15, -0.1) is 0 Å². The van der Waals surface area contributed by atoms with Crippen molar-refractivity contribution in [3.05, 3.63) is 46.5 Å². The lowest BCUT2D eigenvalue weighted by atomic mass is 9.73. The normalized spacial score (nSPS) is 19.5. The monoisotopic (exact) mass is 604 g/mol. The summed E-state index contributed by atoms with van der Waals surface area (Å²) in [6, 6.07) is 8.42. The molecule has 2 aliphatic heterocycles. The van der Waals surface area contributed by atoms with E-state index < -0.39 is 0 Å². The Morgan fingerprint density at radius 1 is 0.591 bits per heavy atom. The third-order valence-electron chi connectivity index (χ3n) is 10.9. The number of benzene rings is 2. The highest BCUT2D eigenvalue weighted by molar-refractivity contribution is 5.78. The number of hydrogen-bond acceptors (Lipinski definition) is 6. The minimum Gasteiger partial charge on any atom is -0.493 e. The molecule has 8 heteroatoms. The summed E-state index contributed by atoms with van der Waals surface area (Å²) >= 11 is 0. The summed E-state index contributed by atoms with van der Waals surface area (Å²) in [6.45, 7) is 2.71. The lowest BCUT2D eigenvalue weighted by Crippen LogP contribution is -2.47. The van der Waals surface area contributed by atoms with Crippen LogP contribution in [0.1, 0.15) is 99.3 Å². The molecule has 2 spiro atoms. The second-order valence-electron chi connectivity index (χ2n) is 13.4. The van der Waals surface area contributed by atoms with E-state index in [1.54, 1.807) is 28.4 Å². The fourth-order valence-electron chi connectivity index (χ4n) is 8.70. The van der Waals surface area contributed by atoms with Crippen LogP contribution in [0.25, 0.3) is 0 Å². The van der Waals surface area contributed by atoms with Gasteiger partial charge in [-0.25, -0.2) is 0 Å². The van der Waals surface area contributed by atoms with E-state index in [9.17, 15) is 9.59 Å². The zero-order valence-corrected chi connectivity index (χ0v) is 27.0. The second kappa shape index (κ2) is 12.5. The van der Waals surface area contributed by atoms with Crippen LogP contribution in [0, 0.1) is 0 Å². The van der Waals surface area contributed by atoms with E-state index in [1.165, 1.54) is 47.9 Å². The Kier molecular flexibility index (Phi) is 8.71. The molecule has 0 saturated heterocycles. The summed E-state index contributed by atoms with van der Waals surface area (Å²) in [4.78, 5) is 31.2. The molecular weight excluding hydrogens is 556 g/mol. The van der Waals surface area contributed by atoms with Gasteiger partial charge in [0.05, 0.1) is 28.4 Å². The van der Waals surface area contributed by atoms with Crippen LogP contribution >= 0.6 is 0 Å². The Morgan fingerprint density at radius 2 is 0.932 bits per heavy atom. The maximum absolute atomic E-state index is 13.5. The van der Waals surface area contributed by atoms with Crippen LogP contribution in [0.3, 0.4) is 0 Å². The average molecular weight is 605 g/mol. The van der Waals surface area contributed by atoms with E-state index in [1.807, 2.05) is 0 Å². The zero-order chi connectivity index (χ0) is 30.9. The Labute approximate surface area is 262 Å². The summed E-state index contributed by atoms with van der Waals surface area (Å²) in [6.07, 6.45) is 11.5. The van der Waals surface area contributed by atoms with E-state index >= 15 is 0 Å². The molecule has 4 aliphatic rings. The molecule has 0 unspecified atom stereocenters. The van der Waals surface area contributed by atoms with Crippen molar-refractivity contribution in [2.45, 2.75) is 101 Å². The minimum absolute atomic E-state index is 0.00773. The van der Waals surface area contributed by atoms with Crippen molar-refractivity contribution < 1.29 is 28.5 Å². The van der Waals surface area contributed by atoms with Gasteiger partial charge in [-0.05, 0) is 85.0 Å². The van der Waals surface area contributed by atoms with Gasteiger partial charge in [0.25, 0.3) is 0 Å². The first kappa shape index (κ1) is 30.6. The Morgan fingerprint density at radius 3 is 1.27 bits per heavy atom. The number of rotatable bonds is 9. The highest BCUT2D eigenvalue weighted by Crippen LogP contribution is 2.50. The molecule has 0 atom stereocenters. The largest absolute Gasteiger partial charge is 0.493 e. The molecule has 2 aromatic rings. The Balaban J connectivity index is 1.08. The van der Waals surface area contributed by atoms with Crippen LogP contribution in [0.2, 0.25) is 0 Å². The lowest BCUT2D eigenvalue weighted by Gasteiger charge is -2.43. The molecule has 44 heavy (non-hydrogen) atoms. The number of hydrogen-bond donors (Lipinski definition) is 0. The number of methoxy groups -OCH3 is 4. The van der Waals surface area contributed by atoms with E-state index in [4.69, 9.17) is 18.9 Å². The molecule has 2 aliphatic carbocycles. The number of fused-ring (bicyclic) bond motifs is 4. The summed E-state index contributed by atoms with van der Waals surface area (Å²) in [5.41, 5.74) is 4.96. The van der Waals surface area contributed by atoms with Crippen LogP contribution < -0.4 is 18.9 Å².